The number of nitrogens with one attached hydrogen (secondary N) is 2. The fourth-order valence-corrected chi connectivity index (χ4v) is 4.39. The molecule has 1 unspecified atom stereocenters. The van der Waals surface area contributed by atoms with E-state index in [2.05, 4.69) is 35.8 Å². The molecular formula is C23H38IN3O3. The van der Waals surface area contributed by atoms with Crippen molar-refractivity contribution in [3.05, 3.63) is 29.8 Å². The molecule has 7 heteroatoms. The third-order valence-electron chi connectivity index (χ3n) is 5.98. The number of benzene rings is 1. The summed E-state index contributed by atoms with van der Waals surface area (Å²) < 4.78 is 16.9. The van der Waals surface area contributed by atoms with Gasteiger partial charge in [-0.05, 0) is 38.7 Å². The van der Waals surface area contributed by atoms with Crippen LogP contribution in [0.2, 0.25) is 0 Å². The molecule has 1 aromatic rings. The zero-order chi connectivity index (χ0) is 20.4. The van der Waals surface area contributed by atoms with Gasteiger partial charge >= 0.3 is 0 Å². The maximum absolute atomic E-state index is 5.85. The third-order valence-corrected chi connectivity index (χ3v) is 5.98. The molecule has 0 amide bonds. The predicted octanol–water partition coefficient (Wildman–Crippen LogP) is 3.88. The molecule has 30 heavy (non-hydrogen) atoms. The van der Waals surface area contributed by atoms with Crippen LogP contribution in [-0.2, 0) is 14.9 Å². The molecule has 3 rings (SSSR count). The van der Waals surface area contributed by atoms with Crippen molar-refractivity contribution in [1.82, 2.24) is 10.6 Å². The lowest BCUT2D eigenvalue weighted by molar-refractivity contribution is 0.0420. The second kappa shape index (κ2) is 13.4. The number of para-hydroxylation sites is 1. The molecule has 0 radical (unpaired) electrons. The van der Waals surface area contributed by atoms with E-state index in [1.807, 2.05) is 6.07 Å². The number of ether oxygens (including phenoxy) is 3. The monoisotopic (exact) mass is 531 g/mol. The minimum atomic E-state index is 0. The molecular weight excluding hydrogens is 493 g/mol. The van der Waals surface area contributed by atoms with Crippen molar-refractivity contribution in [2.24, 2.45) is 4.99 Å². The van der Waals surface area contributed by atoms with Crippen LogP contribution in [0, 0.1) is 0 Å². The number of aliphatic imine (C=N–C) groups is 1. The highest BCUT2D eigenvalue weighted by Crippen LogP contribution is 2.44. The van der Waals surface area contributed by atoms with E-state index in [0.29, 0.717) is 0 Å². The van der Waals surface area contributed by atoms with Gasteiger partial charge in [0.2, 0.25) is 0 Å². The normalized spacial score (nSPS) is 20.6. The van der Waals surface area contributed by atoms with Crippen molar-refractivity contribution in [1.29, 1.82) is 0 Å². The summed E-state index contributed by atoms with van der Waals surface area (Å²) in [6, 6.07) is 8.43. The first kappa shape index (κ1) is 25.2. The van der Waals surface area contributed by atoms with Crippen LogP contribution in [-0.4, -0.2) is 58.6 Å². The summed E-state index contributed by atoms with van der Waals surface area (Å²) in [6.07, 6.45) is 7.07. The predicted molar refractivity (Wildman–Crippen MR) is 132 cm³/mol. The van der Waals surface area contributed by atoms with E-state index < -0.39 is 0 Å². The molecule has 1 atom stereocenters. The number of hydrogen-bond acceptors (Lipinski definition) is 4. The topological polar surface area (TPSA) is 64.1 Å². The average molecular weight is 531 g/mol. The number of hydrogen-bond donors (Lipinski definition) is 2. The summed E-state index contributed by atoms with van der Waals surface area (Å²) in [5.41, 5.74) is 1.37. The lowest BCUT2D eigenvalue weighted by Crippen LogP contribution is -2.39. The first-order chi connectivity index (χ1) is 14.3. The lowest BCUT2D eigenvalue weighted by Gasteiger charge is -2.30. The summed E-state index contributed by atoms with van der Waals surface area (Å²) in [7, 11) is 1.76. The van der Waals surface area contributed by atoms with E-state index in [4.69, 9.17) is 19.2 Å². The summed E-state index contributed by atoms with van der Waals surface area (Å²) in [4.78, 5) is 4.97. The van der Waals surface area contributed by atoms with Crippen LogP contribution in [0.4, 0.5) is 0 Å². The number of nitrogens with zero attached hydrogens (tertiary/aromatic N) is 1. The molecule has 1 aliphatic heterocycles. The van der Waals surface area contributed by atoms with Crippen molar-refractivity contribution < 1.29 is 14.2 Å². The van der Waals surface area contributed by atoms with E-state index >= 15 is 0 Å². The molecule has 1 aromatic carbocycles. The Kier molecular flexibility index (Phi) is 11.2. The van der Waals surface area contributed by atoms with Gasteiger partial charge in [0, 0.05) is 37.3 Å². The molecule has 0 aromatic heterocycles. The first-order valence-corrected chi connectivity index (χ1v) is 11.1. The Morgan fingerprint density at radius 1 is 1.23 bits per heavy atom. The molecule has 2 N–H and O–H groups in total. The maximum Gasteiger partial charge on any atom is 0.191 e. The Bertz CT molecular complexity index is 644. The molecule has 1 saturated heterocycles. The molecule has 170 valence electrons. The fourth-order valence-electron chi connectivity index (χ4n) is 4.39. The first-order valence-electron chi connectivity index (χ1n) is 11.1. The molecule has 1 heterocycles. The zero-order valence-corrected chi connectivity index (χ0v) is 20.8. The van der Waals surface area contributed by atoms with Gasteiger partial charge in [-0.15, -0.1) is 24.0 Å². The minimum absolute atomic E-state index is 0. The molecule has 0 bridgehead atoms. The largest absolute Gasteiger partial charge is 0.496 e. The van der Waals surface area contributed by atoms with Crippen LogP contribution in [0.25, 0.3) is 0 Å². The number of guanidine groups is 1. The van der Waals surface area contributed by atoms with Gasteiger partial charge in [-0.1, -0.05) is 31.0 Å². The summed E-state index contributed by atoms with van der Waals surface area (Å²) >= 11 is 0. The van der Waals surface area contributed by atoms with Crippen LogP contribution < -0.4 is 15.4 Å². The second-order valence-corrected chi connectivity index (χ2v) is 8.02. The third kappa shape index (κ3) is 6.99. The van der Waals surface area contributed by atoms with Crippen molar-refractivity contribution in [3.8, 4) is 5.75 Å². The molecule has 1 saturated carbocycles. The van der Waals surface area contributed by atoms with Gasteiger partial charge in [-0.2, -0.15) is 0 Å². The van der Waals surface area contributed by atoms with Gasteiger partial charge < -0.3 is 24.8 Å². The highest BCUT2D eigenvalue weighted by Gasteiger charge is 2.37. The molecule has 2 fully saturated rings. The van der Waals surface area contributed by atoms with Crippen LogP contribution in [0.1, 0.15) is 51.0 Å². The van der Waals surface area contributed by atoms with Gasteiger partial charge in [-0.3, -0.25) is 4.99 Å². The van der Waals surface area contributed by atoms with Crippen molar-refractivity contribution in [3.63, 3.8) is 0 Å². The van der Waals surface area contributed by atoms with E-state index in [1.165, 1.54) is 18.4 Å². The van der Waals surface area contributed by atoms with Crippen molar-refractivity contribution in [2.75, 3.05) is 46.6 Å². The van der Waals surface area contributed by atoms with E-state index in [0.717, 1.165) is 76.8 Å². The second-order valence-electron chi connectivity index (χ2n) is 8.02. The van der Waals surface area contributed by atoms with Gasteiger partial charge in [0.15, 0.2) is 5.96 Å². The van der Waals surface area contributed by atoms with Gasteiger partial charge in [0.25, 0.3) is 0 Å². The number of methoxy groups -OCH3 is 1. The smallest absolute Gasteiger partial charge is 0.191 e. The number of rotatable bonds is 10. The van der Waals surface area contributed by atoms with Gasteiger partial charge in [-0.25, -0.2) is 0 Å². The molecule has 1 aliphatic carbocycles. The van der Waals surface area contributed by atoms with Crippen molar-refractivity contribution >= 4 is 29.9 Å². The van der Waals surface area contributed by atoms with Gasteiger partial charge in [0.05, 0.1) is 26.4 Å². The average Bonchev–Trinajstić information content (AvgIpc) is 3.44. The Labute approximate surface area is 198 Å². The lowest BCUT2D eigenvalue weighted by atomic mass is 9.78. The van der Waals surface area contributed by atoms with E-state index in [1.54, 1.807) is 7.11 Å². The van der Waals surface area contributed by atoms with Crippen LogP contribution in [0.15, 0.2) is 29.3 Å². The SMILES string of the molecule is CCNC(=NCC1(c2ccccc2OC)CCCC1)NCCCOC1CCOC1.I. The Morgan fingerprint density at radius 3 is 2.73 bits per heavy atom. The molecule has 0 spiro atoms. The van der Waals surface area contributed by atoms with Crippen LogP contribution in [0.3, 0.4) is 0 Å². The Morgan fingerprint density at radius 2 is 2.03 bits per heavy atom. The standard InChI is InChI=1S/C23H37N3O3.HI/c1-3-24-22(25-14-8-15-29-19-11-16-28-17-19)26-18-23(12-6-7-13-23)20-9-4-5-10-21(20)27-2;/h4-5,9-10,19H,3,6-8,11-18H2,1-2H3,(H2,24,25,26);1H. The zero-order valence-electron chi connectivity index (χ0n) is 18.5. The van der Waals surface area contributed by atoms with Crippen LogP contribution in [0.5, 0.6) is 5.75 Å². The Balaban J connectivity index is 0.00000320. The quantitative estimate of drug-likeness (QED) is 0.208. The molecule has 6 nitrogen and oxygen atoms in total. The van der Waals surface area contributed by atoms with Gasteiger partial charge in [0.1, 0.15) is 5.75 Å². The molecule has 2 aliphatic rings. The highest BCUT2D eigenvalue weighted by molar-refractivity contribution is 14.0. The maximum atomic E-state index is 5.85. The minimum Gasteiger partial charge on any atom is -0.496 e. The van der Waals surface area contributed by atoms with Crippen LogP contribution >= 0.6 is 24.0 Å². The highest BCUT2D eigenvalue weighted by atomic mass is 127. The van der Waals surface area contributed by atoms with E-state index in [9.17, 15) is 0 Å². The summed E-state index contributed by atoms with van der Waals surface area (Å²) in [5, 5.41) is 6.85. The fraction of sp³-hybridized carbons (Fsp3) is 0.696. The number of halogens is 1. The van der Waals surface area contributed by atoms with E-state index in [-0.39, 0.29) is 35.5 Å². The van der Waals surface area contributed by atoms with Crippen molar-refractivity contribution in [2.45, 2.75) is 57.0 Å². The summed E-state index contributed by atoms with van der Waals surface area (Å²) in [5.74, 6) is 1.87. The Hall–Kier alpha value is -1.06. The summed E-state index contributed by atoms with van der Waals surface area (Å²) in [6.45, 7) is 6.90.